The molecule has 0 saturated heterocycles. The molecule has 4 heteroatoms. The van der Waals surface area contributed by atoms with E-state index in [0.717, 1.165) is 12.0 Å². The van der Waals surface area contributed by atoms with E-state index in [4.69, 9.17) is 15.9 Å². The molecule has 0 spiro atoms. The quantitative estimate of drug-likeness (QED) is 0.741. The summed E-state index contributed by atoms with van der Waals surface area (Å²) in [5.41, 5.74) is 0.974. The fourth-order valence-electron chi connectivity index (χ4n) is 1.82. The van der Waals surface area contributed by atoms with E-state index in [1.165, 1.54) is 14.2 Å². The minimum absolute atomic E-state index is 0.0180. The molecule has 1 rings (SSSR count). The number of benzene rings is 1. The van der Waals surface area contributed by atoms with Crippen LogP contribution in [0.15, 0.2) is 12.1 Å². The van der Waals surface area contributed by atoms with Crippen LogP contribution in [0.3, 0.4) is 0 Å². The van der Waals surface area contributed by atoms with Crippen LogP contribution < -0.4 is 14.8 Å². The molecular formula is C15H21NO3. The predicted octanol–water partition coefficient (Wildman–Crippen LogP) is 2.30. The van der Waals surface area contributed by atoms with Gasteiger partial charge in [-0.05, 0) is 24.1 Å². The zero-order valence-corrected chi connectivity index (χ0v) is 11.7. The Balaban J connectivity index is 2.81. The maximum absolute atomic E-state index is 9.82. The number of phenolic OH excluding ortho intramolecular Hbond substituents is 1. The molecule has 1 aromatic rings. The SMILES string of the molecule is C#CCC(CC)NCc1cc(OC)c(O)c(OC)c1. The number of hydrogen-bond donors (Lipinski definition) is 2. The van der Waals surface area contributed by atoms with E-state index in [1.54, 1.807) is 12.1 Å². The third-order valence-electron chi connectivity index (χ3n) is 2.99. The summed E-state index contributed by atoms with van der Waals surface area (Å²) in [5, 5.41) is 13.2. The zero-order valence-electron chi connectivity index (χ0n) is 11.7. The Kier molecular flexibility index (Phi) is 6.04. The van der Waals surface area contributed by atoms with E-state index >= 15 is 0 Å². The minimum Gasteiger partial charge on any atom is -0.502 e. The third-order valence-corrected chi connectivity index (χ3v) is 2.99. The summed E-state index contributed by atoms with van der Waals surface area (Å²) in [5.74, 6) is 3.48. The highest BCUT2D eigenvalue weighted by Gasteiger charge is 2.12. The Hall–Kier alpha value is -1.86. The number of ether oxygens (including phenoxy) is 2. The summed E-state index contributed by atoms with van der Waals surface area (Å²) in [6.45, 7) is 2.74. The summed E-state index contributed by atoms with van der Waals surface area (Å²) >= 11 is 0. The van der Waals surface area contributed by atoms with E-state index in [1.807, 2.05) is 0 Å². The molecule has 0 bridgehead atoms. The highest BCUT2D eigenvalue weighted by atomic mass is 16.5. The largest absolute Gasteiger partial charge is 0.502 e. The van der Waals surface area contributed by atoms with Crippen molar-refractivity contribution in [3.8, 4) is 29.6 Å². The van der Waals surface area contributed by atoms with E-state index in [-0.39, 0.29) is 11.8 Å². The van der Waals surface area contributed by atoms with Crippen molar-refractivity contribution in [2.24, 2.45) is 0 Å². The first kappa shape index (κ1) is 15.2. The van der Waals surface area contributed by atoms with Crippen molar-refractivity contribution in [1.29, 1.82) is 0 Å². The van der Waals surface area contributed by atoms with Crippen LogP contribution in [-0.2, 0) is 6.54 Å². The van der Waals surface area contributed by atoms with Crippen molar-refractivity contribution < 1.29 is 14.6 Å². The van der Waals surface area contributed by atoms with Crippen LogP contribution in [0, 0.1) is 12.3 Å². The van der Waals surface area contributed by atoms with Crippen molar-refractivity contribution in [1.82, 2.24) is 5.32 Å². The van der Waals surface area contributed by atoms with Gasteiger partial charge in [-0.2, -0.15) is 0 Å². The second-order valence-electron chi connectivity index (χ2n) is 4.24. The topological polar surface area (TPSA) is 50.7 Å². The summed E-state index contributed by atoms with van der Waals surface area (Å²) in [4.78, 5) is 0. The highest BCUT2D eigenvalue weighted by Crippen LogP contribution is 2.37. The number of nitrogens with one attached hydrogen (secondary N) is 1. The standard InChI is InChI=1S/C15H21NO3/c1-5-7-12(6-2)16-10-11-8-13(18-3)15(17)14(9-11)19-4/h1,8-9,12,16-17H,6-7,10H2,2-4H3. The van der Waals surface area contributed by atoms with E-state index in [2.05, 4.69) is 18.2 Å². The molecule has 1 atom stereocenters. The minimum atomic E-state index is 0.0180. The van der Waals surface area contributed by atoms with Gasteiger partial charge >= 0.3 is 0 Å². The molecule has 4 nitrogen and oxygen atoms in total. The first-order valence-corrected chi connectivity index (χ1v) is 6.26. The van der Waals surface area contributed by atoms with Gasteiger partial charge in [-0.25, -0.2) is 0 Å². The van der Waals surface area contributed by atoms with Gasteiger partial charge in [-0.3, -0.25) is 0 Å². The van der Waals surface area contributed by atoms with Gasteiger partial charge in [0.25, 0.3) is 0 Å². The van der Waals surface area contributed by atoms with Crippen molar-refractivity contribution in [2.75, 3.05) is 14.2 Å². The Labute approximate surface area is 114 Å². The molecule has 0 amide bonds. The van der Waals surface area contributed by atoms with Crippen LogP contribution in [0.2, 0.25) is 0 Å². The van der Waals surface area contributed by atoms with Gasteiger partial charge in [-0.15, -0.1) is 12.3 Å². The van der Waals surface area contributed by atoms with E-state index in [0.29, 0.717) is 24.5 Å². The lowest BCUT2D eigenvalue weighted by atomic mass is 10.1. The molecule has 0 radical (unpaired) electrons. The molecule has 0 aliphatic rings. The number of rotatable bonds is 7. The molecule has 0 aliphatic carbocycles. The molecule has 1 aromatic carbocycles. The van der Waals surface area contributed by atoms with Crippen LogP contribution in [0.4, 0.5) is 0 Å². The van der Waals surface area contributed by atoms with Crippen molar-refractivity contribution in [2.45, 2.75) is 32.4 Å². The van der Waals surface area contributed by atoms with Crippen LogP contribution in [-0.4, -0.2) is 25.4 Å². The molecule has 0 fully saturated rings. The maximum atomic E-state index is 9.82. The molecule has 0 aromatic heterocycles. The second kappa shape index (κ2) is 7.55. The van der Waals surface area contributed by atoms with Gasteiger partial charge in [-0.1, -0.05) is 6.92 Å². The lowest BCUT2D eigenvalue weighted by Crippen LogP contribution is -2.27. The van der Waals surface area contributed by atoms with Crippen LogP contribution in [0.5, 0.6) is 17.2 Å². The first-order chi connectivity index (χ1) is 9.15. The number of phenols is 1. The third kappa shape index (κ3) is 4.08. The molecule has 0 heterocycles. The molecular weight excluding hydrogens is 242 g/mol. The van der Waals surface area contributed by atoms with Gasteiger partial charge in [0.2, 0.25) is 5.75 Å². The monoisotopic (exact) mass is 263 g/mol. The fourth-order valence-corrected chi connectivity index (χ4v) is 1.82. The summed E-state index contributed by atoms with van der Waals surface area (Å²) in [7, 11) is 3.03. The Morgan fingerprint density at radius 1 is 1.32 bits per heavy atom. The van der Waals surface area contributed by atoms with Crippen molar-refractivity contribution in [3.63, 3.8) is 0 Å². The fraction of sp³-hybridized carbons (Fsp3) is 0.467. The van der Waals surface area contributed by atoms with Crippen LogP contribution in [0.25, 0.3) is 0 Å². The normalized spacial score (nSPS) is 11.7. The first-order valence-electron chi connectivity index (χ1n) is 6.26. The lowest BCUT2D eigenvalue weighted by molar-refractivity contribution is 0.338. The lowest BCUT2D eigenvalue weighted by Gasteiger charge is -2.16. The Morgan fingerprint density at radius 2 is 1.89 bits per heavy atom. The Morgan fingerprint density at radius 3 is 2.32 bits per heavy atom. The summed E-state index contributed by atoms with van der Waals surface area (Å²) in [6.07, 6.45) is 6.99. The average Bonchev–Trinajstić information content (AvgIpc) is 2.44. The Bertz CT molecular complexity index is 426. The van der Waals surface area contributed by atoms with Crippen molar-refractivity contribution >= 4 is 0 Å². The van der Waals surface area contributed by atoms with E-state index in [9.17, 15) is 5.11 Å². The number of methoxy groups -OCH3 is 2. The summed E-state index contributed by atoms with van der Waals surface area (Å²) in [6, 6.07) is 3.86. The molecule has 104 valence electrons. The molecule has 2 N–H and O–H groups in total. The predicted molar refractivity (Wildman–Crippen MR) is 75.6 cm³/mol. The number of aromatic hydroxyl groups is 1. The second-order valence-corrected chi connectivity index (χ2v) is 4.24. The maximum Gasteiger partial charge on any atom is 0.200 e. The highest BCUT2D eigenvalue weighted by molar-refractivity contribution is 5.52. The number of terminal acetylenes is 1. The van der Waals surface area contributed by atoms with Crippen LogP contribution in [0.1, 0.15) is 25.3 Å². The van der Waals surface area contributed by atoms with Gasteiger partial charge < -0.3 is 19.9 Å². The molecule has 1 unspecified atom stereocenters. The average molecular weight is 263 g/mol. The summed E-state index contributed by atoms with van der Waals surface area (Å²) < 4.78 is 10.2. The van der Waals surface area contributed by atoms with E-state index < -0.39 is 0 Å². The van der Waals surface area contributed by atoms with Gasteiger partial charge in [0.05, 0.1) is 14.2 Å². The van der Waals surface area contributed by atoms with Crippen molar-refractivity contribution in [3.05, 3.63) is 17.7 Å². The van der Waals surface area contributed by atoms with Gasteiger partial charge in [0.15, 0.2) is 11.5 Å². The molecule has 0 saturated carbocycles. The molecule has 0 aliphatic heterocycles. The van der Waals surface area contributed by atoms with Gasteiger partial charge in [0.1, 0.15) is 0 Å². The van der Waals surface area contributed by atoms with Gasteiger partial charge in [0, 0.05) is 19.0 Å². The zero-order chi connectivity index (χ0) is 14.3. The smallest absolute Gasteiger partial charge is 0.200 e. The molecule has 19 heavy (non-hydrogen) atoms. The van der Waals surface area contributed by atoms with Crippen LogP contribution >= 0.6 is 0 Å². The number of hydrogen-bond acceptors (Lipinski definition) is 4.